The van der Waals surface area contributed by atoms with Crippen molar-refractivity contribution in [1.29, 1.82) is 0 Å². The number of aryl methyl sites for hydroxylation is 2. The molecule has 0 unspecified atom stereocenters. The molecule has 5 nitrogen and oxygen atoms in total. The maximum atomic E-state index is 12.7. The van der Waals surface area contributed by atoms with Crippen molar-refractivity contribution in [3.8, 4) is 5.69 Å². The molecule has 3 aromatic rings. The summed E-state index contributed by atoms with van der Waals surface area (Å²) < 4.78 is 1.64. The molecule has 2 aromatic heterocycles. The summed E-state index contributed by atoms with van der Waals surface area (Å²) in [5.74, 6) is -0.0791. The third-order valence-corrected chi connectivity index (χ3v) is 5.03. The molecule has 0 fully saturated rings. The number of hydrogen-bond donors (Lipinski definition) is 1. The zero-order valence-electron chi connectivity index (χ0n) is 13.8. The van der Waals surface area contributed by atoms with Crippen LogP contribution in [0, 0.1) is 0 Å². The number of rotatable bonds is 6. The Morgan fingerprint density at radius 3 is 2.83 bits per heavy atom. The highest BCUT2D eigenvalue weighted by Gasteiger charge is 2.15. The number of nitrogens with one attached hydrogen (secondary N) is 1. The number of anilines is 1. The van der Waals surface area contributed by atoms with E-state index in [2.05, 4.69) is 29.2 Å². The van der Waals surface area contributed by atoms with Crippen LogP contribution in [0.25, 0.3) is 5.69 Å². The van der Waals surface area contributed by atoms with Gasteiger partial charge in [-0.05, 0) is 36.6 Å². The van der Waals surface area contributed by atoms with Gasteiger partial charge in [-0.15, -0.1) is 11.3 Å². The van der Waals surface area contributed by atoms with E-state index in [9.17, 15) is 4.79 Å². The smallest absolute Gasteiger partial charge is 0.265 e. The SMILES string of the molecule is CCCc1sc(C(=O)Nc2ccccc2-n2cncn2)cc1CC. The Labute approximate surface area is 145 Å². The predicted molar refractivity (Wildman–Crippen MR) is 97.0 cm³/mol. The quantitative estimate of drug-likeness (QED) is 0.735. The lowest BCUT2D eigenvalue weighted by Crippen LogP contribution is -2.12. The summed E-state index contributed by atoms with van der Waals surface area (Å²) in [4.78, 5) is 18.7. The average molecular weight is 340 g/mol. The van der Waals surface area contributed by atoms with Crippen molar-refractivity contribution in [2.75, 3.05) is 5.32 Å². The van der Waals surface area contributed by atoms with Crippen LogP contribution in [0.15, 0.2) is 43.0 Å². The summed E-state index contributed by atoms with van der Waals surface area (Å²) in [7, 11) is 0. The van der Waals surface area contributed by atoms with Gasteiger partial charge in [-0.2, -0.15) is 5.10 Å². The molecule has 0 aliphatic rings. The summed E-state index contributed by atoms with van der Waals surface area (Å²) in [6, 6.07) is 9.59. The van der Waals surface area contributed by atoms with Gasteiger partial charge in [0.25, 0.3) is 5.91 Å². The van der Waals surface area contributed by atoms with Crippen LogP contribution in [0.2, 0.25) is 0 Å². The molecule has 0 saturated carbocycles. The Morgan fingerprint density at radius 2 is 2.12 bits per heavy atom. The van der Waals surface area contributed by atoms with Crippen molar-refractivity contribution in [2.24, 2.45) is 0 Å². The Morgan fingerprint density at radius 1 is 1.29 bits per heavy atom. The molecule has 0 radical (unpaired) electrons. The second-order valence-electron chi connectivity index (χ2n) is 5.47. The molecule has 0 atom stereocenters. The van der Waals surface area contributed by atoms with Crippen LogP contribution in [0.1, 0.15) is 40.4 Å². The van der Waals surface area contributed by atoms with E-state index >= 15 is 0 Å². The second-order valence-corrected chi connectivity index (χ2v) is 6.61. The molecular weight excluding hydrogens is 320 g/mol. The Hall–Kier alpha value is -2.47. The maximum absolute atomic E-state index is 12.7. The molecule has 124 valence electrons. The molecule has 1 amide bonds. The van der Waals surface area contributed by atoms with E-state index in [1.807, 2.05) is 30.3 Å². The Balaban J connectivity index is 1.86. The van der Waals surface area contributed by atoms with Gasteiger partial charge in [0.1, 0.15) is 12.7 Å². The highest BCUT2D eigenvalue weighted by Crippen LogP contribution is 2.26. The minimum Gasteiger partial charge on any atom is -0.319 e. The molecule has 0 bridgehead atoms. The predicted octanol–water partition coefficient (Wildman–Crippen LogP) is 4.10. The molecule has 1 aromatic carbocycles. The van der Waals surface area contributed by atoms with E-state index in [1.54, 1.807) is 22.3 Å². The molecule has 24 heavy (non-hydrogen) atoms. The standard InChI is InChI=1S/C18H20N4OS/c1-3-7-16-13(4-2)10-17(24-16)18(23)21-14-8-5-6-9-15(14)22-12-19-11-20-22/h5-6,8-12H,3-4,7H2,1-2H3,(H,21,23). The van der Waals surface area contributed by atoms with Gasteiger partial charge in [-0.3, -0.25) is 4.79 Å². The van der Waals surface area contributed by atoms with Gasteiger partial charge in [0.05, 0.1) is 16.3 Å². The van der Waals surface area contributed by atoms with Crippen molar-refractivity contribution >= 4 is 22.9 Å². The highest BCUT2D eigenvalue weighted by molar-refractivity contribution is 7.14. The maximum Gasteiger partial charge on any atom is 0.265 e. The molecule has 0 aliphatic carbocycles. The van der Waals surface area contributed by atoms with Crippen molar-refractivity contribution in [2.45, 2.75) is 33.1 Å². The first kappa shape index (κ1) is 16.4. The molecule has 2 heterocycles. The van der Waals surface area contributed by atoms with E-state index in [4.69, 9.17) is 0 Å². The van der Waals surface area contributed by atoms with Gasteiger partial charge >= 0.3 is 0 Å². The first-order valence-corrected chi connectivity index (χ1v) is 8.91. The van der Waals surface area contributed by atoms with Crippen molar-refractivity contribution in [3.05, 3.63) is 58.3 Å². The number of benzene rings is 1. The summed E-state index contributed by atoms with van der Waals surface area (Å²) in [5.41, 5.74) is 2.79. The summed E-state index contributed by atoms with van der Waals surface area (Å²) in [5, 5.41) is 7.14. The minimum absolute atomic E-state index is 0.0791. The van der Waals surface area contributed by atoms with Gasteiger partial charge < -0.3 is 5.32 Å². The number of carbonyl (C=O) groups is 1. The highest BCUT2D eigenvalue weighted by atomic mass is 32.1. The van der Waals surface area contributed by atoms with E-state index in [-0.39, 0.29) is 5.91 Å². The lowest BCUT2D eigenvalue weighted by atomic mass is 10.1. The van der Waals surface area contributed by atoms with Crippen molar-refractivity contribution in [1.82, 2.24) is 14.8 Å². The largest absolute Gasteiger partial charge is 0.319 e. The molecule has 3 rings (SSSR count). The van der Waals surface area contributed by atoms with Crippen LogP contribution in [0.5, 0.6) is 0 Å². The molecule has 0 aliphatic heterocycles. The first-order chi connectivity index (χ1) is 11.7. The number of carbonyl (C=O) groups excluding carboxylic acids is 1. The van der Waals surface area contributed by atoms with Crippen molar-refractivity contribution < 1.29 is 4.79 Å². The normalized spacial score (nSPS) is 10.8. The molecule has 0 saturated heterocycles. The fourth-order valence-electron chi connectivity index (χ4n) is 2.61. The van der Waals surface area contributed by atoms with E-state index in [0.29, 0.717) is 0 Å². The zero-order valence-corrected chi connectivity index (χ0v) is 14.6. The Kier molecular flexibility index (Phi) is 5.05. The second kappa shape index (κ2) is 7.40. The third-order valence-electron chi connectivity index (χ3n) is 3.80. The van der Waals surface area contributed by atoms with Gasteiger partial charge in [0, 0.05) is 4.88 Å². The Bertz CT molecular complexity index is 823. The zero-order chi connectivity index (χ0) is 16.9. The van der Waals surface area contributed by atoms with Crippen LogP contribution >= 0.6 is 11.3 Å². The van der Waals surface area contributed by atoms with E-state index < -0.39 is 0 Å². The van der Waals surface area contributed by atoms with Crippen molar-refractivity contribution in [3.63, 3.8) is 0 Å². The van der Waals surface area contributed by atoms with Crippen LogP contribution in [-0.4, -0.2) is 20.7 Å². The lowest BCUT2D eigenvalue weighted by molar-refractivity contribution is 0.103. The average Bonchev–Trinajstić information content (AvgIpc) is 3.25. The fraction of sp³-hybridized carbons (Fsp3) is 0.278. The van der Waals surface area contributed by atoms with Crippen LogP contribution in [0.3, 0.4) is 0 Å². The number of aromatic nitrogens is 3. The number of para-hydroxylation sites is 2. The minimum atomic E-state index is -0.0791. The molecule has 0 spiro atoms. The first-order valence-electron chi connectivity index (χ1n) is 8.09. The number of hydrogen-bond acceptors (Lipinski definition) is 4. The third kappa shape index (κ3) is 3.38. The summed E-state index contributed by atoms with van der Waals surface area (Å²) >= 11 is 1.59. The summed E-state index contributed by atoms with van der Waals surface area (Å²) in [6.07, 6.45) is 6.15. The molecule has 1 N–H and O–H groups in total. The van der Waals surface area contributed by atoms with E-state index in [1.165, 1.54) is 16.8 Å². The number of amides is 1. The van der Waals surface area contributed by atoms with Gasteiger partial charge in [0.15, 0.2) is 0 Å². The number of nitrogens with zero attached hydrogens (tertiary/aromatic N) is 3. The van der Waals surface area contributed by atoms with Crippen LogP contribution in [0.4, 0.5) is 5.69 Å². The topological polar surface area (TPSA) is 59.8 Å². The van der Waals surface area contributed by atoms with E-state index in [0.717, 1.165) is 35.5 Å². The lowest BCUT2D eigenvalue weighted by Gasteiger charge is -2.09. The molecular formula is C18H20N4OS. The van der Waals surface area contributed by atoms with Gasteiger partial charge in [-0.1, -0.05) is 32.4 Å². The molecule has 6 heteroatoms. The van der Waals surface area contributed by atoms with Crippen LogP contribution < -0.4 is 5.32 Å². The number of thiophene rings is 1. The monoisotopic (exact) mass is 340 g/mol. The van der Waals surface area contributed by atoms with Gasteiger partial charge in [0.2, 0.25) is 0 Å². The summed E-state index contributed by atoms with van der Waals surface area (Å²) in [6.45, 7) is 4.29. The fourth-order valence-corrected chi connectivity index (χ4v) is 3.86. The van der Waals surface area contributed by atoms with Gasteiger partial charge in [-0.25, -0.2) is 9.67 Å². The van der Waals surface area contributed by atoms with Crippen LogP contribution in [-0.2, 0) is 12.8 Å².